The Bertz CT molecular complexity index is 671. The van der Waals surface area contributed by atoms with E-state index in [1.165, 1.54) is 0 Å². The van der Waals surface area contributed by atoms with Gasteiger partial charge in [0.05, 0.1) is 12.3 Å². The molecule has 2 N–H and O–H groups in total. The summed E-state index contributed by atoms with van der Waals surface area (Å²) in [6, 6.07) is 16.2. The molecule has 0 atom stereocenters. The Morgan fingerprint density at radius 1 is 1.00 bits per heavy atom. The fourth-order valence-corrected chi connectivity index (χ4v) is 2.10. The molecule has 0 aliphatic heterocycles. The minimum absolute atomic E-state index is 0.170. The molecule has 126 valence electrons. The summed E-state index contributed by atoms with van der Waals surface area (Å²) in [6.45, 7) is 2.90. The number of hydrogen-bond donors (Lipinski definition) is 2. The lowest BCUT2D eigenvalue weighted by Crippen LogP contribution is -2.27. The molecule has 0 aliphatic rings. The molecule has 2 amide bonds. The third kappa shape index (κ3) is 5.43. The summed E-state index contributed by atoms with van der Waals surface area (Å²) in [4.78, 5) is 23.9. The van der Waals surface area contributed by atoms with Gasteiger partial charge in [-0.2, -0.15) is 0 Å². The van der Waals surface area contributed by atoms with Crippen LogP contribution in [-0.4, -0.2) is 25.0 Å². The highest BCUT2D eigenvalue weighted by atomic mass is 16.5. The van der Waals surface area contributed by atoms with Gasteiger partial charge in [0.1, 0.15) is 5.75 Å². The number of amides is 2. The second-order valence-corrected chi connectivity index (χ2v) is 5.26. The third-order valence-corrected chi connectivity index (χ3v) is 3.30. The van der Waals surface area contributed by atoms with Crippen molar-refractivity contribution in [1.29, 1.82) is 0 Å². The zero-order valence-corrected chi connectivity index (χ0v) is 13.7. The molecule has 5 heteroatoms. The zero-order chi connectivity index (χ0) is 17.2. The van der Waals surface area contributed by atoms with Gasteiger partial charge in [-0.05, 0) is 30.7 Å². The van der Waals surface area contributed by atoms with Gasteiger partial charge in [-0.15, -0.1) is 0 Å². The highest BCUT2D eigenvalue weighted by molar-refractivity contribution is 5.95. The number of para-hydroxylation sites is 2. The van der Waals surface area contributed by atoms with E-state index in [0.717, 1.165) is 6.42 Å². The average Bonchev–Trinajstić information content (AvgIpc) is 2.61. The molecule has 0 aliphatic carbocycles. The Hall–Kier alpha value is -2.82. The largest absolute Gasteiger partial charge is 0.491 e. The first-order valence-corrected chi connectivity index (χ1v) is 8.05. The molecule has 0 aromatic heterocycles. The van der Waals surface area contributed by atoms with Crippen molar-refractivity contribution in [3.05, 3.63) is 60.2 Å². The summed E-state index contributed by atoms with van der Waals surface area (Å²) in [5.74, 6) is 0.298. The molecule has 24 heavy (non-hydrogen) atoms. The van der Waals surface area contributed by atoms with Gasteiger partial charge in [0.25, 0.3) is 5.91 Å². The van der Waals surface area contributed by atoms with Gasteiger partial charge < -0.3 is 15.4 Å². The van der Waals surface area contributed by atoms with E-state index >= 15 is 0 Å². The van der Waals surface area contributed by atoms with Gasteiger partial charge in [-0.25, -0.2) is 0 Å². The van der Waals surface area contributed by atoms with Crippen LogP contribution in [-0.2, 0) is 4.79 Å². The van der Waals surface area contributed by atoms with E-state index in [4.69, 9.17) is 4.74 Å². The quantitative estimate of drug-likeness (QED) is 0.782. The molecular weight excluding hydrogens is 304 g/mol. The maximum Gasteiger partial charge on any atom is 0.251 e. The van der Waals surface area contributed by atoms with Crippen LogP contribution in [0.15, 0.2) is 54.6 Å². The topological polar surface area (TPSA) is 67.4 Å². The van der Waals surface area contributed by atoms with Crippen molar-refractivity contribution in [3.63, 3.8) is 0 Å². The second-order valence-electron chi connectivity index (χ2n) is 5.26. The van der Waals surface area contributed by atoms with E-state index in [0.29, 0.717) is 23.6 Å². The van der Waals surface area contributed by atoms with Gasteiger partial charge in [0.15, 0.2) is 0 Å². The number of carbonyl (C=O) groups excluding carboxylic acids is 2. The first-order chi connectivity index (χ1) is 11.7. The van der Waals surface area contributed by atoms with Gasteiger partial charge >= 0.3 is 0 Å². The predicted molar refractivity (Wildman–Crippen MR) is 94.2 cm³/mol. The Morgan fingerprint density at radius 3 is 2.46 bits per heavy atom. The fraction of sp³-hybridized carbons (Fsp3) is 0.263. The molecule has 0 radical (unpaired) electrons. The zero-order valence-electron chi connectivity index (χ0n) is 13.7. The predicted octanol–water partition coefficient (Wildman–Crippen LogP) is 3.23. The lowest BCUT2D eigenvalue weighted by atomic mass is 10.2. The van der Waals surface area contributed by atoms with Crippen molar-refractivity contribution in [3.8, 4) is 5.75 Å². The molecule has 2 rings (SSSR count). The van der Waals surface area contributed by atoms with Gasteiger partial charge in [0, 0.05) is 18.5 Å². The van der Waals surface area contributed by atoms with Crippen LogP contribution in [0.1, 0.15) is 30.1 Å². The van der Waals surface area contributed by atoms with Gasteiger partial charge in [0.2, 0.25) is 5.91 Å². The highest BCUT2D eigenvalue weighted by Gasteiger charge is 2.09. The van der Waals surface area contributed by atoms with Gasteiger partial charge in [-0.3, -0.25) is 9.59 Å². The van der Waals surface area contributed by atoms with Crippen LogP contribution in [0, 0.1) is 0 Å². The maximum absolute atomic E-state index is 12.0. The highest BCUT2D eigenvalue weighted by Crippen LogP contribution is 2.23. The number of carbonyl (C=O) groups is 2. The summed E-state index contributed by atoms with van der Waals surface area (Å²) >= 11 is 0. The lowest BCUT2D eigenvalue weighted by Gasteiger charge is -2.12. The van der Waals surface area contributed by atoms with E-state index in [1.54, 1.807) is 30.3 Å². The Morgan fingerprint density at radius 2 is 1.71 bits per heavy atom. The smallest absolute Gasteiger partial charge is 0.251 e. The van der Waals surface area contributed by atoms with Crippen molar-refractivity contribution < 1.29 is 14.3 Å². The van der Waals surface area contributed by atoms with E-state index in [2.05, 4.69) is 10.6 Å². The molecule has 0 saturated heterocycles. The normalized spacial score (nSPS) is 10.0. The number of nitrogens with one attached hydrogen (secondary N) is 2. The van der Waals surface area contributed by atoms with Crippen LogP contribution in [0.25, 0.3) is 0 Å². The molecule has 2 aromatic carbocycles. The van der Waals surface area contributed by atoms with E-state index in [9.17, 15) is 9.59 Å². The number of ether oxygens (including phenoxy) is 1. The van der Waals surface area contributed by atoms with Crippen LogP contribution >= 0.6 is 0 Å². The van der Waals surface area contributed by atoms with Crippen LogP contribution in [0.4, 0.5) is 5.69 Å². The van der Waals surface area contributed by atoms with E-state index in [1.807, 2.05) is 31.2 Å². The lowest BCUT2D eigenvalue weighted by molar-refractivity contribution is -0.116. The summed E-state index contributed by atoms with van der Waals surface area (Å²) < 4.78 is 5.60. The summed E-state index contributed by atoms with van der Waals surface area (Å²) in [7, 11) is 0. The Balaban J connectivity index is 1.80. The SMILES string of the molecule is CCCOc1ccccc1NC(=O)CCNC(=O)c1ccccc1. The summed E-state index contributed by atoms with van der Waals surface area (Å²) in [5, 5.41) is 5.55. The van der Waals surface area contributed by atoms with E-state index < -0.39 is 0 Å². The van der Waals surface area contributed by atoms with Crippen LogP contribution in [0.2, 0.25) is 0 Å². The van der Waals surface area contributed by atoms with Crippen molar-refractivity contribution in [2.24, 2.45) is 0 Å². The monoisotopic (exact) mass is 326 g/mol. The minimum atomic E-state index is -0.185. The van der Waals surface area contributed by atoms with Crippen LogP contribution in [0.5, 0.6) is 5.75 Å². The Kier molecular flexibility index (Phi) is 6.83. The molecule has 0 fully saturated rings. The first-order valence-electron chi connectivity index (χ1n) is 8.05. The molecule has 0 saturated carbocycles. The Labute approximate surface area is 142 Å². The van der Waals surface area contributed by atoms with Crippen LogP contribution < -0.4 is 15.4 Å². The summed E-state index contributed by atoms with van der Waals surface area (Å²) in [5.41, 5.74) is 1.22. The second kappa shape index (κ2) is 9.35. The molecule has 0 heterocycles. The molecular formula is C19H22N2O3. The standard InChI is InChI=1S/C19H22N2O3/c1-2-14-24-17-11-7-6-10-16(17)21-18(22)12-13-20-19(23)15-8-4-3-5-9-15/h3-11H,2,12-14H2,1H3,(H,20,23)(H,21,22). The van der Waals surface area contributed by atoms with Crippen LogP contribution in [0.3, 0.4) is 0 Å². The molecule has 0 bridgehead atoms. The summed E-state index contributed by atoms with van der Waals surface area (Å²) in [6.07, 6.45) is 1.09. The fourth-order valence-electron chi connectivity index (χ4n) is 2.10. The van der Waals surface area contributed by atoms with Crippen molar-refractivity contribution in [1.82, 2.24) is 5.32 Å². The average molecular weight is 326 g/mol. The third-order valence-electron chi connectivity index (χ3n) is 3.30. The number of hydrogen-bond acceptors (Lipinski definition) is 3. The number of benzene rings is 2. The molecule has 0 unspecified atom stereocenters. The first kappa shape index (κ1) is 17.5. The maximum atomic E-state index is 12.0. The van der Waals surface area contributed by atoms with Crippen molar-refractivity contribution in [2.75, 3.05) is 18.5 Å². The van der Waals surface area contributed by atoms with E-state index in [-0.39, 0.29) is 24.8 Å². The van der Waals surface area contributed by atoms with Crippen molar-refractivity contribution >= 4 is 17.5 Å². The van der Waals surface area contributed by atoms with Gasteiger partial charge in [-0.1, -0.05) is 37.3 Å². The molecule has 2 aromatic rings. The molecule has 5 nitrogen and oxygen atoms in total. The number of rotatable bonds is 8. The number of anilines is 1. The minimum Gasteiger partial charge on any atom is -0.491 e. The van der Waals surface area contributed by atoms with Crippen molar-refractivity contribution in [2.45, 2.75) is 19.8 Å². The molecule has 0 spiro atoms.